The van der Waals surface area contributed by atoms with Gasteiger partial charge in [-0.1, -0.05) is 66.2 Å². The quantitative estimate of drug-likeness (QED) is 0.541. The fraction of sp³-hybridized carbons (Fsp3) is 0.0476. The third-order valence-corrected chi connectivity index (χ3v) is 3.92. The minimum Gasteiger partial charge on any atom is -0.497 e. The molecule has 0 radical (unpaired) electrons. The average molecular weight is 321 g/mol. The Balaban J connectivity index is 2.08. The van der Waals surface area contributed by atoms with Crippen LogP contribution in [0.2, 0.25) is 5.02 Å². The predicted octanol–water partition coefficient (Wildman–Crippen LogP) is 5.94. The first kappa shape index (κ1) is 15.4. The maximum absolute atomic E-state index is 5.98. The van der Waals surface area contributed by atoms with Crippen molar-refractivity contribution in [3.8, 4) is 5.75 Å². The zero-order valence-corrected chi connectivity index (χ0v) is 13.6. The Morgan fingerprint density at radius 1 is 0.783 bits per heavy atom. The molecule has 0 fully saturated rings. The topological polar surface area (TPSA) is 9.23 Å². The van der Waals surface area contributed by atoms with Gasteiger partial charge in [-0.15, -0.1) is 0 Å². The average Bonchev–Trinajstić information content (AvgIpc) is 2.62. The van der Waals surface area contributed by atoms with E-state index in [9.17, 15) is 0 Å². The van der Waals surface area contributed by atoms with Gasteiger partial charge in [-0.2, -0.15) is 0 Å². The van der Waals surface area contributed by atoms with Crippen molar-refractivity contribution in [1.82, 2.24) is 0 Å². The largest absolute Gasteiger partial charge is 0.497 e. The fourth-order valence-electron chi connectivity index (χ4n) is 2.45. The predicted molar refractivity (Wildman–Crippen MR) is 97.9 cm³/mol. The van der Waals surface area contributed by atoms with Gasteiger partial charge in [-0.05, 0) is 52.6 Å². The number of methoxy groups -OCH3 is 1. The van der Waals surface area contributed by atoms with E-state index >= 15 is 0 Å². The van der Waals surface area contributed by atoms with Crippen molar-refractivity contribution in [1.29, 1.82) is 0 Å². The van der Waals surface area contributed by atoms with Crippen LogP contribution in [-0.4, -0.2) is 7.11 Å². The molecule has 0 aromatic heterocycles. The van der Waals surface area contributed by atoms with Crippen LogP contribution in [0.1, 0.15) is 16.7 Å². The minimum atomic E-state index is 0.743. The highest BCUT2D eigenvalue weighted by Gasteiger charge is 2.05. The maximum atomic E-state index is 5.98. The monoisotopic (exact) mass is 320 g/mol. The van der Waals surface area contributed by atoms with Crippen LogP contribution >= 0.6 is 11.6 Å². The van der Waals surface area contributed by atoms with Crippen LogP contribution in [0.15, 0.2) is 78.9 Å². The van der Waals surface area contributed by atoms with E-state index in [0.717, 1.165) is 27.5 Å². The van der Waals surface area contributed by atoms with Crippen molar-refractivity contribution in [2.45, 2.75) is 0 Å². The third-order valence-electron chi connectivity index (χ3n) is 3.67. The van der Waals surface area contributed by atoms with Gasteiger partial charge in [0.1, 0.15) is 5.75 Å². The number of ether oxygens (including phenoxy) is 1. The molecule has 0 saturated carbocycles. The van der Waals surface area contributed by atoms with E-state index in [1.54, 1.807) is 7.11 Å². The van der Waals surface area contributed by atoms with Gasteiger partial charge < -0.3 is 4.74 Å². The van der Waals surface area contributed by atoms with Crippen LogP contribution in [0.5, 0.6) is 5.75 Å². The van der Waals surface area contributed by atoms with Crippen molar-refractivity contribution >= 4 is 23.3 Å². The smallest absolute Gasteiger partial charge is 0.118 e. The highest BCUT2D eigenvalue weighted by Crippen LogP contribution is 2.27. The van der Waals surface area contributed by atoms with E-state index in [2.05, 4.69) is 42.5 Å². The summed E-state index contributed by atoms with van der Waals surface area (Å²) in [4.78, 5) is 0. The zero-order valence-electron chi connectivity index (χ0n) is 12.9. The molecule has 1 nitrogen and oxygen atoms in total. The summed E-state index contributed by atoms with van der Waals surface area (Å²) < 4.78 is 5.25. The number of rotatable bonds is 4. The molecule has 0 N–H and O–H groups in total. The lowest BCUT2D eigenvalue weighted by Gasteiger charge is -2.10. The van der Waals surface area contributed by atoms with Crippen LogP contribution < -0.4 is 4.74 Å². The molecule has 0 aliphatic rings. The fourth-order valence-corrected chi connectivity index (χ4v) is 2.57. The normalized spacial score (nSPS) is 11.3. The first-order valence-corrected chi connectivity index (χ1v) is 7.81. The van der Waals surface area contributed by atoms with Gasteiger partial charge in [0, 0.05) is 5.02 Å². The Kier molecular flexibility index (Phi) is 4.80. The lowest BCUT2D eigenvalue weighted by Crippen LogP contribution is -1.89. The Morgan fingerprint density at radius 2 is 1.39 bits per heavy atom. The van der Waals surface area contributed by atoms with Crippen LogP contribution in [0.25, 0.3) is 11.6 Å². The molecule has 0 aliphatic heterocycles. The number of benzene rings is 3. The second-order valence-electron chi connectivity index (χ2n) is 5.20. The van der Waals surface area contributed by atoms with Gasteiger partial charge in [0.25, 0.3) is 0 Å². The molecule has 0 saturated heterocycles. The van der Waals surface area contributed by atoms with Crippen molar-refractivity contribution in [2.24, 2.45) is 0 Å². The molecule has 0 bridgehead atoms. The van der Waals surface area contributed by atoms with Gasteiger partial charge >= 0.3 is 0 Å². The zero-order chi connectivity index (χ0) is 16.1. The molecule has 0 atom stereocenters. The molecular formula is C21H17ClO. The second-order valence-corrected chi connectivity index (χ2v) is 5.64. The number of hydrogen-bond acceptors (Lipinski definition) is 1. The standard InChI is InChI=1S/C21H17ClO/c1-23-20-13-9-18(10-14-20)21(17-5-3-2-4-6-17)15-16-7-11-19(22)12-8-16/h2-15H,1H3/b21-15+. The molecule has 0 unspecified atom stereocenters. The molecule has 23 heavy (non-hydrogen) atoms. The molecule has 3 aromatic carbocycles. The van der Waals surface area contributed by atoms with Crippen molar-refractivity contribution in [3.05, 3.63) is 101 Å². The molecule has 0 amide bonds. The van der Waals surface area contributed by atoms with Gasteiger partial charge in [0.05, 0.1) is 7.11 Å². The molecule has 0 aliphatic carbocycles. The van der Waals surface area contributed by atoms with Crippen LogP contribution in [-0.2, 0) is 0 Å². The van der Waals surface area contributed by atoms with E-state index in [1.807, 2.05) is 42.5 Å². The Morgan fingerprint density at radius 3 is 2.00 bits per heavy atom. The lowest BCUT2D eigenvalue weighted by molar-refractivity contribution is 0.415. The van der Waals surface area contributed by atoms with Crippen molar-refractivity contribution < 1.29 is 4.74 Å². The van der Waals surface area contributed by atoms with Crippen LogP contribution in [0.3, 0.4) is 0 Å². The van der Waals surface area contributed by atoms with Crippen molar-refractivity contribution in [2.75, 3.05) is 7.11 Å². The number of halogens is 1. The van der Waals surface area contributed by atoms with E-state index in [0.29, 0.717) is 0 Å². The number of hydrogen-bond donors (Lipinski definition) is 0. The van der Waals surface area contributed by atoms with E-state index in [4.69, 9.17) is 16.3 Å². The first-order chi connectivity index (χ1) is 11.3. The van der Waals surface area contributed by atoms with Gasteiger partial charge in [0.15, 0.2) is 0 Å². The summed E-state index contributed by atoms with van der Waals surface area (Å²) in [5, 5.41) is 0.743. The van der Waals surface area contributed by atoms with E-state index < -0.39 is 0 Å². The second kappa shape index (κ2) is 7.17. The summed E-state index contributed by atoms with van der Waals surface area (Å²) in [6, 6.07) is 26.3. The molecule has 114 valence electrons. The van der Waals surface area contributed by atoms with Crippen LogP contribution in [0.4, 0.5) is 0 Å². The highest BCUT2D eigenvalue weighted by molar-refractivity contribution is 6.30. The molecule has 0 heterocycles. The van der Waals surface area contributed by atoms with Crippen LogP contribution in [0, 0.1) is 0 Å². The summed E-state index contributed by atoms with van der Waals surface area (Å²) in [7, 11) is 1.68. The molecular weight excluding hydrogens is 304 g/mol. The molecule has 0 spiro atoms. The first-order valence-electron chi connectivity index (χ1n) is 7.43. The summed E-state index contributed by atoms with van der Waals surface area (Å²) in [5.74, 6) is 0.854. The lowest BCUT2D eigenvalue weighted by atomic mass is 9.95. The van der Waals surface area contributed by atoms with E-state index in [-0.39, 0.29) is 0 Å². The Bertz CT molecular complexity index is 788. The van der Waals surface area contributed by atoms with Gasteiger partial charge in [0.2, 0.25) is 0 Å². The maximum Gasteiger partial charge on any atom is 0.118 e. The summed E-state index contributed by atoms with van der Waals surface area (Å²) in [6.07, 6.45) is 2.17. The van der Waals surface area contributed by atoms with E-state index in [1.165, 1.54) is 5.56 Å². The highest BCUT2D eigenvalue weighted by atomic mass is 35.5. The SMILES string of the molecule is COc1ccc(/C(=C/c2ccc(Cl)cc2)c2ccccc2)cc1. The molecule has 3 aromatic rings. The molecule has 3 rings (SSSR count). The van der Waals surface area contributed by atoms with Gasteiger partial charge in [-0.3, -0.25) is 0 Å². The summed E-state index contributed by atoms with van der Waals surface area (Å²) in [5.41, 5.74) is 4.60. The minimum absolute atomic E-state index is 0.743. The summed E-state index contributed by atoms with van der Waals surface area (Å²) >= 11 is 5.98. The molecule has 2 heteroatoms. The Labute approximate surface area is 141 Å². The summed E-state index contributed by atoms with van der Waals surface area (Å²) in [6.45, 7) is 0. The Hall–Kier alpha value is -2.51. The van der Waals surface area contributed by atoms with Gasteiger partial charge in [-0.25, -0.2) is 0 Å². The van der Waals surface area contributed by atoms with Crippen molar-refractivity contribution in [3.63, 3.8) is 0 Å². The third kappa shape index (κ3) is 3.82.